The SMILES string of the molecule is Cc1cnc(-c2c(F)c(F)c(Br)c(F)c2F)[nH]1. The van der Waals surface area contributed by atoms with Gasteiger partial charge in [0.2, 0.25) is 0 Å². The van der Waals surface area contributed by atoms with Gasteiger partial charge < -0.3 is 4.98 Å². The molecule has 0 amide bonds. The van der Waals surface area contributed by atoms with E-state index >= 15 is 0 Å². The minimum Gasteiger partial charge on any atom is -0.342 e. The van der Waals surface area contributed by atoms with E-state index in [1.807, 2.05) is 0 Å². The molecule has 0 spiro atoms. The van der Waals surface area contributed by atoms with E-state index in [2.05, 4.69) is 25.9 Å². The predicted molar refractivity (Wildman–Crippen MR) is 56.3 cm³/mol. The summed E-state index contributed by atoms with van der Waals surface area (Å²) in [5, 5.41) is 0. The number of hydrogen-bond donors (Lipinski definition) is 1. The predicted octanol–water partition coefficient (Wildman–Crippen LogP) is 3.70. The van der Waals surface area contributed by atoms with Crippen LogP contribution in [0.25, 0.3) is 11.4 Å². The highest BCUT2D eigenvalue weighted by molar-refractivity contribution is 9.10. The van der Waals surface area contributed by atoms with Gasteiger partial charge in [-0.15, -0.1) is 0 Å². The molecule has 0 aliphatic carbocycles. The lowest BCUT2D eigenvalue weighted by Crippen LogP contribution is -2.02. The lowest BCUT2D eigenvalue weighted by Gasteiger charge is -2.06. The molecule has 0 unspecified atom stereocenters. The van der Waals surface area contributed by atoms with Crippen molar-refractivity contribution in [1.82, 2.24) is 9.97 Å². The third kappa shape index (κ3) is 1.84. The number of aromatic nitrogens is 2. The molecular weight excluding hydrogens is 304 g/mol. The van der Waals surface area contributed by atoms with Crippen LogP contribution in [-0.2, 0) is 0 Å². The van der Waals surface area contributed by atoms with Gasteiger partial charge in [0.15, 0.2) is 23.3 Å². The number of nitrogens with zero attached hydrogens (tertiary/aromatic N) is 1. The average Bonchev–Trinajstić information content (AvgIpc) is 2.71. The molecule has 1 N–H and O–H groups in total. The van der Waals surface area contributed by atoms with E-state index in [0.29, 0.717) is 5.69 Å². The Kier molecular flexibility index (Phi) is 2.94. The summed E-state index contributed by atoms with van der Waals surface area (Å²) in [4.78, 5) is 6.14. The largest absolute Gasteiger partial charge is 0.342 e. The Labute approximate surface area is 102 Å². The minimum absolute atomic E-state index is 0.261. The van der Waals surface area contributed by atoms with E-state index in [0.717, 1.165) is 0 Å². The van der Waals surface area contributed by atoms with Gasteiger partial charge in [-0.25, -0.2) is 22.5 Å². The van der Waals surface area contributed by atoms with Crippen molar-refractivity contribution in [3.63, 3.8) is 0 Å². The third-order valence-electron chi connectivity index (χ3n) is 2.15. The smallest absolute Gasteiger partial charge is 0.176 e. The Balaban J connectivity index is 2.78. The zero-order chi connectivity index (χ0) is 12.7. The van der Waals surface area contributed by atoms with Crippen LogP contribution in [0.3, 0.4) is 0 Å². The van der Waals surface area contributed by atoms with Gasteiger partial charge in [-0.2, -0.15) is 0 Å². The van der Waals surface area contributed by atoms with Gasteiger partial charge in [-0.1, -0.05) is 0 Å². The molecule has 0 saturated carbocycles. The minimum atomic E-state index is -1.50. The highest BCUT2D eigenvalue weighted by atomic mass is 79.9. The number of halogens is 5. The van der Waals surface area contributed by atoms with Crippen molar-refractivity contribution in [2.75, 3.05) is 0 Å². The van der Waals surface area contributed by atoms with Gasteiger partial charge >= 0.3 is 0 Å². The van der Waals surface area contributed by atoms with Crippen molar-refractivity contribution < 1.29 is 17.6 Å². The number of aromatic amines is 1. The average molecular weight is 309 g/mol. The molecule has 0 bridgehead atoms. The number of benzene rings is 1. The van der Waals surface area contributed by atoms with E-state index in [1.165, 1.54) is 6.20 Å². The van der Waals surface area contributed by atoms with Crippen molar-refractivity contribution in [2.45, 2.75) is 6.92 Å². The summed E-state index contributed by atoms with van der Waals surface area (Å²) in [6.07, 6.45) is 1.30. The Bertz CT molecular complexity index is 565. The van der Waals surface area contributed by atoms with Gasteiger partial charge in [0.05, 0.1) is 10.0 Å². The van der Waals surface area contributed by atoms with Gasteiger partial charge in [0.25, 0.3) is 0 Å². The van der Waals surface area contributed by atoms with Crippen LogP contribution in [-0.4, -0.2) is 9.97 Å². The summed E-state index contributed by atoms with van der Waals surface area (Å²) in [5.74, 6) is -6.24. The van der Waals surface area contributed by atoms with Crippen molar-refractivity contribution in [3.05, 3.63) is 39.6 Å². The summed E-state index contributed by atoms with van der Waals surface area (Å²) in [6.45, 7) is 1.60. The summed E-state index contributed by atoms with van der Waals surface area (Å²) < 4.78 is 52.7. The molecule has 0 atom stereocenters. The van der Waals surface area contributed by atoms with Crippen LogP contribution in [0, 0.1) is 30.2 Å². The summed E-state index contributed by atoms with van der Waals surface area (Å²) in [7, 11) is 0. The zero-order valence-electron chi connectivity index (χ0n) is 8.41. The van der Waals surface area contributed by atoms with Crippen LogP contribution < -0.4 is 0 Å². The first-order valence-electron chi connectivity index (χ1n) is 4.47. The topological polar surface area (TPSA) is 28.7 Å². The fourth-order valence-electron chi connectivity index (χ4n) is 1.35. The maximum atomic E-state index is 13.5. The van der Waals surface area contributed by atoms with Gasteiger partial charge in [0.1, 0.15) is 5.82 Å². The summed E-state index contributed by atoms with van der Waals surface area (Å²) in [5.41, 5.74) is -0.334. The Morgan fingerprint density at radius 3 is 2.00 bits per heavy atom. The maximum absolute atomic E-state index is 13.5. The van der Waals surface area contributed by atoms with E-state index in [-0.39, 0.29) is 5.82 Å². The molecule has 2 aromatic rings. The highest BCUT2D eigenvalue weighted by Gasteiger charge is 2.26. The van der Waals surface area contributed by atoms with Crippen LogP contribution in [0.15, 0.2) is 10.7 Å². The molecule has 90 valence electrons. The number of aryl methyl sites for hydroxylation is 1. The second-order valence-electron chi connectivity index (χ2n) is 3.36. The monoisotopic (exact) mass is 308 g/mol. The molecule has 7 heteroatoms. The molecule has 1 heterocycles. The number of H-pyrrole nitrogens is 1. The fraction of sp³-hybridized carbons (Fsp3) is 0.100. The van der Waals surface area contributed by atoms with E-state index in [1.54, 1.807) is 6.92 Å². The first-order chi connectivity index (χ1) is 7.93. The van der Waals surface area contributed by atoms with Crippen LogP contribution in [0.1, 0.15) is 5.69 Å². The van der Waals surface area contributed by atoms with E-state index < -0.39 is 33.3 Å². The van der Waals surface area contributed by atoms with Crippen molar-refractivity contribution in [2.24, 2.45) is 0 Å². The molecule has 2 rings (SSSR count). The molecule has 2 nitrogen and oxygen atoms in total. The molecule has 0 saturated heterocycles. The third-order valence-corrected chi connectivity index (χ3v) is 2.85. The standard InChI is InChI=1S/C10H5BrF4N2/c1-3-2-16-10(17-3)4-6(12)8(14)5(11)9(15)7(4)13/h2H,1H3,(H,16,17). The molecular formula is C10H5BrF4N2. The number of hydrogen-bond acceptors (Lipinski definition) is 1. The van der Waals surface area contributed by atoms with Crippen LogP contribution in [0.5, 0.6) is 0 Å². The van der Waals surface area contributed by atoms with E-state index in [4.69, 9.17) is 0 Å². The van der Waals surface area contributed by atoms with Crippen molar-refractivity contribution in [1.29, 1.82) is 0 Å². The maximum Gasteiger partial charge on any atom is 0.176 e. The lowest BCUT2D eigenvalue weighted by atomic mass is 10.1. The van der Waals surface area contributed by atoms with Gasteiger partial charge in [0, 0.05) is 11.9 Å². The van der Waals surface area contributed by atoms with Crippen LogP contribution in [0.2, 0.25) is 0 Å². The summed E-state index contributed by atoms with van der Waals surface area (Å²) >= 11 is 2.43. The number of imidazole rings is 1. The lowest BCUT2D eigenvalue weighted by molar-refractivity contribution is 0.450. The van der Waals surface area contributed by atoms with Gasteiger partial charge in [-0.3, -0.25) is 0 Å². The van der Waals surface area contributed by atoms with Gasteiger partial charge in [-0.05, 0) is 22.9 Å². The zero-order valence-corrected chi connectivity index (χ0v) is 10.0. The van der Waals surface area contributed by atoms with E-state index in [9.17, 15) is 17.6 Å². The Morgan fingerprint density at radius 1 is 1.06 bits per heavy atom. The Hall–Kier alpha value is -1.37. The first-order valence-corrected chi connectivity index (χ1v) is 5.26. The first kappa shape index (κ1) is 12.1. The molecule has 0 aliphatic heterocycles. The number of nitrogens with one attached hydrogen (secondary N) is 1. The second kappa shape index (κ2) is 4.14. The molecule has 0 aliphatic rings. The summed E-state index contributed by atoms with van der Waals surface area (Å²) in [6, 6.07) is 0. The van der Waals surface area contributed by atoms with Crippen molar-refractivity contribution in [3.8, 4) is 11.4 Å². The van der Waals surface area contributed by atoms with Crippen LogP contribution in [0.4, 0.5) is 17.6 Å². The molecule has 1 aromatic carbocycles. The number of rotatable bonds is 1. The van der Waals surface area contributed by atoms with Crippen LogP contribution >= 0.6 is 15.9 Å². The quantitative estimate of drug-likeness (QED) is 0.486. The van der Waals surface area contributed by atoms with Crippen molar-refractivity contribution >= 4 is 15.9 Å². The highest BCUT2D eigenvalue weighted by Crippen LogP contribution is 2.32. The molecule has 0 radical (unpaired) electrons. The second-order valence-corrected chi connectivity index (χ2v) is 4.15. The normalized spacial score (nSPS) is 10.9. The molecule has 17 heavy (non-hydrogen) atoms. The molecule has 0 fully saturated rings. The molecule has 1 aromatic heterocycles. The Morgan fingerprint density at radius 2 is 1.59 bits per heavy atom. The fourth-order valence-corrected chi connectivity index (χ4v) is 1.70.